The van der Waals surface area contributed by atoms with E-state index >= 15 is 0 Å². The molecule has 0 bridgehead atoms. The van der Waals surface area contributed by atoms with Gasteiger partial charge in [0.25, 0.3) is 0 Å². The van der Waals surface area contributed by atoms with Crippen LogP contribution in [0.25, 0.3) is 10.2 Å². The first kappa shape index (κ1) is 12.3. The average molecular weight is 291 g/mol. The molecule has 3 rings (SSSR count). The second kappa shape index (κ2) is 4.72. The summed E-state index contributed by atoms with van der Waals surface area (Å²) < 4.78 is 6.82. The number of aryl methyl sites for hydroxylation is 1. The number of hydrogen-bond acceptors (Lipinski definition) is 4. The molecule has 1 aromatic heterocycles. The monoisotopic (exact) mass is 290 g/mol. The van der Waals surface area contributed by atoms with Crippen LogP contribution in [0.15, 0.2) is 35.8 Å². The van der Waals surface area contributed by atoms with Gasteiger partial charge in [-0.25, -0.2) is 4.98 Å². The first-order chi connectivity index (χ1) is 9.15. The Morgan fingerprint density at radius 1 is 1.21 bits per heavy atom. The van der Waals surface area contributed by atoms with E-state index in [0.717, 1.165) is 15.8 Å². The second-order valence-electron chi connectivity index (χ2n) is 4.21. The quantitative estimate of drug-likeness (QED) is 0.700. The molecular formula is C14H11ClN2OS. The van der Waals surface area contributed by atoms with Gasteiger partial charge in [0.1, 0.15) is 17.0 Å². The van der Waals surface area contributed by atoms with Gasteiger partial charge in [0.15, 0.2) is 5.75 Å². The third-order valence-electron chi connectivity index (χ3n) is 2.81. The van der Waals surface area contributed by atoms with E-state index in [-0.39, 0.29) is 0 Å². The van der Waals surface area contributed by atoms with Gasteiger partial charge in [0.05, 0.1) is 15.2 Å². The van der Waals surface area contributed by atoms with Crippen LogP contribution in [0.5, 0.6) is 11.5 Å². The molecule has 96 valence electrons. The minimum Gasteiger partial charge on any atom is -0.454 e. The fraction of sp³-hybridized carbons (Fsp3) is 0.0714. The van der Waals surface area contributed by atoms with Crippen molar-refractivity contribution in [2.24, 2.45) is 0 Å². The number of ether oxygens (including phenoxy) is 1. The van der Waals surface area contributed by atoms with Crippen molar-refractivity contribution in [3.05, 3.63) is 46.4 Å². The highest BCUT2D eigenvalue weighted by Gasteiger charge is 2.10. The fourth-order valence-corrected chi connectivity index (χ4v) is 2.80. The summed E-state index contributed by atoms with van der Waals surface area (Å²) in [6, 6.07) is 9.42. The minimum atomic E-state index is 0.537. The van der Waals surface area contributed by atoms with Crippen molar-refractivity contribution in [3.63, 3.8) is 0 Å². The zero-order valence-corrected chi connectivity index (χ0v) is 11.8. The van der Waals surface area contributed by atoms with Crippen LogP contribution in [0.4, 0.5) is 5.69 Å². The summed E-state index contributed by atoms with van der Waals surface area (Å²) in [5.41, 5.74) is 10.2. The van der Waals surface area contributed by atoms with Crippen molar-refractivity contribution in [2.75, 3.05) is 5.73 Å². The lowest BCUT2D eigenvalue weighted by molar-refractivity contribution is 0.486. The molecular weight excluding hydrogens is 280 g/mol. The van der Waals surface area contributed by atoms with Crippen molar-refractivity contribution in [1.29, 1.82) is 0 Å². The lowest BCUT2D eigenvalue weighted by Crippen LogP contribution is -1.93. The van der Waals surface area contributed by atoms with Crippen molar-refractivity contribution in [1.82, 2.24) is 4.98 Å². The molecule has 0 aliphatic rings. The van der Waals surface area contributed by atoms with Crippen LogP contribution in [-0.2, 0) is 0 Å². The van der Waals surface area contributed by atoms with Crippen LogP contribution in [0.3, 0.4) is 0 Å². The number of anilines is 1. The Morgan fingerprint density at radius 2 is 2.00 bits per heavy atom. The number of rotatable bonds is 2. The van der Waals surface area contributed by atoms with E-state index in [1.54, 1.807) is 16.8 Å². The molecule has 0 radical (unpaired) electrons. The molecule has 0 atom stereocenters. The van der Waals surface area contributed by atoms with E-state index in [1.807, 2.05) is 37.3 Å². The number of benzene rings is 2. The first-order valence-electron chi connectivity index (χ1n) is 5.71. The lowest BCUT2D eigenvalue weighted by Gasteiger charge is -2.10. The highest BCUT2D eigenvalue weighted by molar-refractivity contribution is 7.16. The first-order valence-corrected chi connectivity index (χ1v) is 6.96. The molecule has 3 aromatic rings. The summed E-state index contributed by atoms with van der Waals surface area (Å²) in [6.07, 6.45) is 0. The minimum absolute atomic E-state index is 0.537. The van der Waals surface area contributed by atoms with E-state index in [0.29, 0.717) is 22.2 Å². The second-order valence-corrected chi connectivity index (χ2v) is 5.51. The Morgan fingerprint density at radius 3 is 2.79 bits per heavy atom. The Kier molecular flexibility index (Phi) is 3.05. The molecule has 3 nitrogen and oxygen atoms in total. The van der Waals surface area contributed by atoms with E-state index in [4.69, 9.17) is 22.1 Å². The zero-order valence-electron chi connectivity index (χ0n) is 10.2. The Hall–Kier alpha value is -1.78. The van der Waals surface area contributed by atoms with Gasteiger partial charge in [0, 0.05) is 0 Å². The number of halogens is 1. The third-order valence-corrected chi connectivity index (χ3v) is 3.90. The summed E-state index contributed by atoms with van der Waals surface area (Å²) in [5, 5.41) is 0.567. The van der Waals surface area contributed by atoms with E-state index in [2.05, 4.69) is 4.98 Å². The molecule has 0 amide bonds. The van der Waals surface area contributed by atoms with Crippen LogP contribution in [0.1, 0.15) is 5.56 Å². The Bertz CT molecular complexity index is 754. The molecule has 2 N–H and O–H groups in total. The van der Waals surface area contributed by atoms with Crippen molar-refractivity contribution < 1.29 is 4.74 Å². The molecule has 1 heterocycles. The number of aromatic nitrogens is 1. The normalized spacial score (nSPS) is 10.8. The van der Waals surface area contributed by atoms with Crippen LogP contribution < -0.4 is 10.5 Å². The third kappa shape index (κ3) is 2.25. The zero-order chi connectivity index (χ0) is 13.4. The SMILES string of the molecule is Cc1ccc(Oc2ccc3scnc3c2N)c(Cl)c1. The molecule has 0 unspecified atom stereocenters. The smallest absolute Gasteiger partial charge is 0.152 e. The van der Waals surface area contributed by atoms with E-state index < -0.39 is 0 Å². The topological polar surface area (TPSA) is 48.1 Å². The van der Waals surface area contributed by atoms with Crippen molar-refractivity contribution >= 4 is 38.8 Å². The summed E-state index contributed by atoms with van der Waals surface area (Å²) in [7, 11) is 0. The van der Waals surface area contributed by atoms with E-state index in [1.165, 1.54) is 0 Å². The maximum atomic E-state index is 6.15. The number of nitrogens with zero attached hydrogens (tertiary/aromatic N) is 1. The lowest BCUT2D eigenvalue weighted by atomic mass is 10.2. The molecule has 0 saturated heterocycles. The number of fused-ring (bicyclic) bond motifs is 1. The van der Waals surface area contributed by atoms with E-state index in [9.17, 15) is 0 Å². The van der Waals surface area contributed by atoms with Gasteiger partial charge in [-0.15, -0.1) is 11.3 Å². The van der Waals surface area contributed by atoms with Gasteiger partial charge in [-0.3, -0.25) is 0 Å². The molecule has 19 heavy (non-hydrogen) atoms. The molecule has 0 aliphatic heterocycles. The predicted molar refractivity (Wildman–Crippen MR) is 80.3 cm³/mol. The summed E-state index contributed by atoms with van der Waals surface area (Å²) in [6.45, 7) is 1.98. The maximum absolute atomic E-state index is 6.15. The van der Waals surface area contributed by atoms with Crippen molar-refractivity contribution in [3.8, 4) is 11.5 Å². The fourth-order valence-electron chi connectivity index (χ4n) is 1.83. The standard InChI is InChI=1S/C14H11ClN2OS/c1-8-2-3-10(9(15)6-8)18-11-4-5-12-14(13(11)16)17-7-19-12/h2-7H,16H2,1H3. The largest absolute Gasteiger partial charge is 0.454 e. The molecule has 0 aliphatic carbocycles. The molecule has 2 aromatic carbocycles. The van der Waals surface area contributed by atoms with Crippen molar-refractivity contribution in [2.45, 2.75) is 6.92 Å². The Labute approximate surface area is 119 Å². The van der Waals surface area contributed by atoms with Gasteiger partial charge in [-0.05, 0) is 36.8 Å². The van der Waals surface area contributed by atoms with Gasteiger partial charge >= 0.3 is 0 Å². The maximum Gasteiger partial charge on any atom is 0.152 e. The molecule has 0 spiro atoms. The average Bonchev–Trinajstić information content (AvgIpc) is 2.85. The highest BCUT2D eigenvalue weighted by atomic mass is 35.5. The number of nitrogens with two attached hydrogens (primary N) is 1. The highest BCUT2D eigenvalue weighted by Crippen LogP contribution is 2.37. The summed E-state index contributed by atoms with van der Waals surface area (Å²) in [5.74, 6) is 1.16. The molecule has 0 fully saturated rings. The van der Waals surface area contributed by atoms with Crippen LogP contribution in [-0.4, -0.2) is 4.98 Å². The summed E-state index contributed by atoms with van der Waals surface area (Å²) in [4.78, 5) is 4.24. The van der Waals surface area contributed by atoms with Crippen LogP contribution >= 0.6 is 22.9 Å². The Balaban J connectivity index is 2.03. The van der Waals surface area contributed by atoms with Crippen LogP contribution in [0.2, 0.25) is 5.02 Å². The van der Waals surface area contributed by atoms with Gasteiger partial charge in [-0.2, -0.15) is 0 Å². The number of hydrogen-bond donors (Lipinski definition) is 1. The summed E-state index contributed by atoms with van der Waals surface area (Å²) >= 11 is 7.70. The van der Waals surface area contributed by atoms with Crippen LogP contribution in [0, 0.1) is 6.92 Å². The predicted octanol–water partition coefficient (Wildman–Crippen LogP) is 4.63. The number of nitrogen functional groups attached to an aromatic ring is 1. The van der Waals surface area contributed by atoms with Gasteiger partial charge < -0.3 is 10.5 Å². The van der Waals surface area contributed by atoms with Gasteiger partial charge in [0.2, 0.25) is 0 Å². The molecule has 5 heteroatoms. The molecule has 0 saturated carbocycles. The van der Waals surface area contributed by atoms with Gasteiger partial charge in [-0.1, -0.05) is 17.7 Å². The number of thiazole rings is 1.